The molecule has 134 valence electrons. The molecule has 0 radical (unpaired) electrons. The summed E-state index contributed by atoms with van der Waals surface area (Å²) in [6, 6.07) is 1.20. The van der Waals surface area contributed by atoms with Gasteiger partial charge >= 0.3 is 0 Å². The van der Waals surface area contributed by atoms with Gasteiger partial charge in [-0.1, -0.05) is 63.9 Å². The van der Waals surface area contributed by atoms with E-state index in [4.69, 9.17) is 9.47 Å². The summed E-state index contributed by atoms with van der Waals surface area (Å²) in [5.41, 5.74) is 1.36. The van der Waals surface area contributed by atoms with Crippen molar-refractivity contribution in [2.75, 3.05) is 6.61 Å². The van der Waals surface area contributed by atoms with E-state index in [0.717, 1.165) is 25.9 Å². The molecule has 0 spiro atoms. The third-order valence-electron chi connectivity index (χ3n) is 4.11. The molecule has 2 atom stereocenters. The number of rotatable bonds is 11. The molecule has 0 bridgehead atoms. The molecule has 1 aliphatic heterocycles. The lowest BCUT2D eigenvalue weighted by Gasteiger charge is -2.30. The highest BCUT2D eigenvalue weighted by atomic mass is 28.3. The predicted octanol–water partition coefficient (Wildman–Crippen LogP) is 6.32. The second-order valence-corrected chi connectivity index (χ2v) is 13.6. The van der Waals surface area contributed by atoms with Crippen LogP contribution in [-0.2, 0) is 9.47 Å². The third-order valence-corrected chi connectivity index (χ3v) is 5.67. The monoisotopic (exact) mass is 338 g/mol. The Bertz CT molecular complexity index is 357. The van der Waals surface area contributed by atoms with Crippen molar-refractivity contribution in [3.05, 3.63) is 24.3 Å². The maximum absolute atomic E-state index is 6.06. The van der Waals surface area contributed by atoms with Gasteiger partial charge < -0.3 is 9.47 Å². The molecule has 0 aromatic rings. The summed E-state index contributed by atoms with van der Waals surface area (Å²) in [7, 11) is -1.06. The summed E-state index contributed by atoms with van der Waals surface area (Å²) < 4.78 is 11.8. The fraction of sp³-hybridized carbons (Fsp3) is 0.800. The molecular weight excluding hydrogens is 300 g/mol. The first-order chi connectivity index (χ1) is 10.9. The van der Waals surface area contributed by atoms with Crippen molar-refractivity contribution in [1.82, 2.24) is 0 Å². The zero-order chi connectivity index (χ0) is 17.1. The van der Waals surface area contributed by atoms with E-state index in [0.29, 0.717) is 0 Å². The lowest BCUT2D eigenvalue weighted by Crippen LogP contribution is -2.32. The summed E-state index contributed by atoms with van der Waals surface area (Å²) in [6.45, 7) is 14.5. The van der Waals surface area contributed by atoms with Gasteiger partial charge in [-0.05, 0) is 37.8 Å². The van der Waals surface area contributed by atoms with E-state index in [1.54, 1.807) is 0 Å². The van der Waals surface area contributed by atoms with E-state index in [1.807, 2.05) is 0 Å². The van der Waals surface area contributed by atoms with Crippen molar-refractivity contribution in [1.29, 1.82) is 0 Å². The summed E-state index contributed by atoms with van der Waals surface area (Å²) in [4.78, 5) is 0. The molecule has 2 nitrogen and oxygen atoms in total. The fourth-order valence-electron chi connectivity index (χ4n) is 3.08. The van der Waals surface area contributed by atoms with E-state index in [2.05, 4.69) is 45.3 Å². The van der Waals surface area contributed by atoms with Crippen LogP contribution in [0, 0.1) is 0 Å². The Morgan fingerprint density at radius 2 is 1.91 bits per heavy atom. The van der Waals surface area contributed by atoms with E-state index < -0.39 is 8.07 Å². The highest BCUT2D eigenvalue weighted by Crippen LogP contribution is 2.24. The Balaban J connectivity index is 2.22. The molecule has 1 fully saturated rings. The third kappa shape index (κ3) is 10.9. The van der Waals surface area contributed by atoms with Gasteiger partial charge in [0, 0.05) is 8.07 Å². The van der Waals surface area contributed by atoms with Gasteiger partial charge in [-0.2, -0.15) is 0 Å². The van der Waals surface area contributed by atoms with Crippen LogP contribution < -0.4 is 0 Å². The molecule has 0 saturated carbocycles. The van der Waals surface area contributed by atoms with Crippen LogP contribution in [0.1, 0.15) is 58.3 Å². The Morgan fingerprint density at radius 1 is 1.17 bits per heavy atom. The number of unbranched alkanes of at least 4 members (excludes halogenated alkanes) is 5. The lowest BCUT2D eigenvalue weighted by atomic mass is 10.1. The molecule has 0 aliphatic carbocycles. The van der Waals surface area contributed by atoms with Gasteiger partial charge in [-0.25, -0.2) is 0 Å². The number of hydrogen-bond acceptors (Lipinski definition) is 2. The van der Waals surface area contributed by atoms with Crippen LogP contribution in [0.4, 0.5) is 0 Å². The topological polar surface area (TPSA) is 18.5 Å². The molecule has 0 unspecified atom stereocenters. The minimum atomic E-state index is -1.06. The highest BCUT2D eigenvalue weighted by molar-refractivity contribution is 6.76. The van der Waals surface area contributed by atoms with Gasteiger partial charge in [0.05, 0.1) is 12.7 Å². The molecule has 0 aromatic carbocycles. The summed E-state index contributed by atoms with van der Waals surface area (Å²) in [6.07, 6.45) is 14.2. The van der Waals surface area contributed by atoms with Crippen molar-refractivity contribution in [3.63, 3.8) is 0 Å². The molecule has 0 aromatic heterocycles. The lowest BCUT2D eigenvalue weighted by molar-refractivity contribution is -0.186. The van der Waals surface area contributed by atoms with Crippen LogP contribution >= 0.6 is 0 Å². The largest absolute Gasteiger partial charge is 0.349 e. The van der Waals surface area contributed by atoms with Crippen LogP contribution in [0.5, 0.6) is 0 Å². The number of allylic oxidation sites excluding steroid dienone is 1. The molecule has 23 heavy (non-hydrogen) atoms. The Morgan fingerprint density at radius 3 is 2.61 bits per heavy atom. The SMILES string of the molecule is C=C(C[C@H]1CCO[C@@H](/C=C/CCCCCCC)O1)C[Si](C)(C)C. The number of ether oxygens (including phenoxy) is 2. The molecule has 1 heterocycles. The Kier molecular flexibility index (Phi) is 10.1. The Hall–Kier alpha value is -0.383. The second-order valence-electron chi connectivity index (χ2n) is 8.11. The zero-order valence-electron chi connectivity index (χ0n) is 15.9. The normalized spacial score (nSPS) is 22.6. The first-order valence-corrected chi connectivity index (χ1v) is 13.2. The van der Waals surface area contributed by atoms with Crippen LogP contribution in [0.15, 0.2) is 24.3 Å². The number of hydrogen-bond donors (Lipinski definition) is 0. The van der Waals surface area contributed by atoms with Gasteiger partial charge in [-0.15, -0.1) is 6.58 Å². The minimum Gasteiger partial charge on any atom is -0.349 e. The van der Waals surface area contributed by atoms with Gasteiger partial charge in [0.2, 0.25) is 0 Å². The molecular formula is C20H38O2Si. The minimum absolute atomic E-state index is 0.149. The van der Waals surface area contributed by atoms with Gasteiger partial charge in [-0.3, -0.25) is 0 Å². The predicted molar refractivity (Wildman–Crippen MR) is 104 cm³/mol. The van der Waals surface area contributed by atoms with Crippen molar-refractivity contribution < 1.29 is 9.47 Å². The molecule has 3 heteroatoms. The first-order valence-electron chi connectivity index (χ1n) is 9.51. The van der Waals surface area contributed by atoms with E-state index >= 15 is 0 Å². The van der Waals surface area contributed by atoms with Crippen LogP contribution in [-0.4, -0.2) is 27.1 Å². The Labute approximate surface area is 145 Å². The van der Waals surface area contributed by atoms with Crippen molar-refractivity contribution in [2.45, 2.75) is 96.4 Å². The molecule has 1 saturated heterocycles. The van der Waals surface area contributed by atoms with Gasteiger partial charge in [0.15, 0.2) is 6.29 Å². The summed E-state index contributed by atoms with van der Waals surface area (Å²) >= 11 is 0. The molecule has 0 amide bonds. The summed E-state index contributed by atoms with van der Waals surface area (Å²) in [5, 5.41) is 0. The fourth-order valence-corrected chi connectivity index (χ4v) is 4.73. The van der Waals surface area contributed by atoms with Crippen molar-refractivity contribution >= 4 is 8.07 Å². The zero-order valence-corrected chi connectivity index (χ0v) is 16.9. The average Bonchev–Trinajstić information content (AvgIpc) is 2.44. The maximum atomic E-state index is 6.06. The van der Waals surface area contributed by atoms with Gasteiger partial charge in [0.1, 0.15) is 0 Å². The molecule has 1 aliphatic rings. The van der Waals surface area contributed by atoms with E-state index in [1.165, 1.54) is 43.7 Å². The highest BCUT2D eigenvalue weighted by Gasteiger charge is 2.23. The second kappa shape index (κ2) is 11.2. The summed E-state index contributed by atoms with van der Waals surface area (Å²) in [5.74, 6) is 0. The van der Waals surface area contributed by atoms with Crippen molar-refractivity contribution in [3.8, 4) is 0 Å². The van der Waals surface area contributed by atoms with Crippen LogP contribution in [0.25, 0.3) is 0 Å². The van der Waals surface area contributed by atoms with Crippen LogP contribution in [0.3, 0.4) is 0 Å². The quantitative estimate of drug-likeness (QED) is 0.249. The van der Waals surface area contributed by atoms with Crippen molar-refractivity contribution in [2.24, 2.45) is 0 Å². The standard InChI is InChI=1S/C20H38O2Si/c1-6-7-8-9-10-11-12-13-20-21-15-14-19(22-20)16-18(2)17-23(3,4)5/h12-13,19-20H,2,6-11,14-17H2,1,3-5H3/b13-12+/t19-,20-/m1/s1. The molecule has 1 rings (SSSR count). The van der Waals surface area contributed by atoms with E-state index in [-0.39, 0.29) is 12.4 Å². The first kappa shape index (κ1) is 20.7. The van der Waals surface area contributed by atoms with Crippen LogP contribution in [0.2, 0.25) is 25.7 Å². The van der Waals surface area contributed by atoms with Gasteiger partial charge in [0.25, 0.3) is 0 Å². The average molecular weight is 339 g/mol. The molecule has 0 N–H and O–H groups in total. The van der Waals surface area contributed by atoms with E-state index in [9.17, 15) is 0 Å². The smallest absolute Gasteiger partial charge is 0.177 e. The maximum Gasteiger partial charge on any atom is 0.177 e.